The molecule has 0 bridgehead atoms. The third-order valence-corrected chi connectivity index (χ3v) is 5.01. The van der Waals surface area contributed by atoms with E-state index in [0.717, 1.165) is 17.8 Å². The fraction of sp³-hybridized carbons (Fsp3) is 1.00. The summed E-state index contributed by atoms with van der Waals surface area (Å²) in [6, 6.07) is 2.57. The fourth-order valence-corrected chi connectivity index (χ4v) is 3.95. The van der Waals surface area contributed by atoms with Gasteiger partial charge in [0.05, 0.1) is 0 Å². The molecule has 0 saturated heterocycles. The summed E-state index contributed by atoms with van der Waals surface area (Å²) in [5.74, 6) is 2.46. The van der Waals surface area contributed by atoms with Gasteiger partial charge >= 0.3 is 0 Å². The molecular formula is C10H25NSi. The van der Waals surface area contributed by atoms with Gasteiger partial charge < -0.3 is 5.40 Å². The van der Waals surface area contributed by atoms with Crippen molar-refractivity contribution in [3.63, 3.8) is 0 Å². The molecule has 0 aromatic carbocycles. The van der Waals surface area contributed by atoms with Crippen molar-refractivity contribution in [1.29, 1.82) is 0 Å². The molecule has 0 aromatic rings. The van der Waals surface area contributed by atoms with Crippen LogP contribution in [0.2, 0.25) is 12.1 Å². The molecule has 1 atom stereocenters. The lowest BCUT2D eigenvalue weighted by atomic mass is 9.87. The van der Waals surface area contributed by atoms with Gasteiger partial charge in [-0.25, -0.2) is 0 Å². The predicted octanol–water partition coefficient (Wildman–Crippen LogP) is 2.62. The predicted molar refractivity (Wildman–Crippen MR) is 59.8 cm³/mol. The molecule has 0 radical (unpaired) electrons. The number of nitrogens with two attached hydrogens (primary N) is 1. The second kappa shape index (κ2) is 5.76. The lowest BCUT2D eigenvalue weighted by Crippen LogP contribution is -2.30. The van der Waals surface area contributed by atoms with E-state index in [1.165, 1.54) is 12.1 Å². The Balaban J connectivity index is 3.95. The first-order valence-electron chi connectivity index (χ1n) is 5.24. The zero-order valence-electron chi connectivity index (χ0n) is 9.30. The van der Waals surface area contributed by atoms with Gasteiger partial charge in [-0.05, 0) is 23.8 Å². The lowest BCUT2D eigenvalue weighted by molar-refractivity contribution is 0.314. The summed E-state index contributed by atoms with van der Waals surface area (Å²) in [7, 11) is -0.851. The maximum Gasteiger partial charge on any atom is 0.106 e. The zero-order chi connectivity index (χ0) is 9.72. The molecule has 0 aliphatic carbocycles. The van der Waals surface area contributed by atoms with Crippen molar-refractivity contribution < 1.29 is 0 Å². The van der Waals surface area contributed by atoms with Crippen LogP contribution in [-0.2, 0) is 0 Å². The quantitative estimate of drug-likeness (QED) is 0.658. The minimum atomic E-state index is -0.851. The van der Waals surface area contributed by atoms with E-state index in [1.54, 1.807) is 0 Å². The van der Waals surface area contributed by atoms with Gasteiger partial charge in [0, 0.05) is 0 Å². The van der Waals surface area contributed by atoms with E-state index < -0.39 is 8.96 Å². The van der Waals surface area contributed by atoms with Crippen molar-refractivity contribution >= 4 is 8.96 Å². The Morgan fingerprint density at radius 1 is 1.08 bits per heavy atom. The Labute approximate surface area is 79.4 Å². The molecule has 0 fully saturated rings. The largest absolute Gasteiger partial charge is 0.353 e. The third-order valence-electron chi connectivity index (χ3n) is 2.81. The SMILES string of the molecule is CC[SiH](N)CC(C(C)C)C(C)C. The molecule has 0 heterocycles. The molecule has 1 nitrogen and oxygen atoms in total. The Bertz CT molecular complexity index is 104. The van der Waals surface area contributed by atoms with Gasteiger partial charge in [0.15, 0.2) is 0 Å². The second-order valence-electron chi connectivity index (χ2n) is 4.56. The molecule has 0 aliphatic rings. The average molecular weight is 187 g/mol. The van der Waals surface area contributed by atoms with E-state index >= 15 is 0 Å². The smallest absolute Gasteiger partial charge is 0.106 e. The van der Waals surface area contributed by atoms with Crippen LogP contribution in [0.25, 0.3) is 0 Å². The molecular weight excluding hydrogens is 162 g/mol. The minimum Gasteiger partial charge on any atom is -0.353 e. The Kier molecular flexibility index (Phi) is 5.84. The molecule has 0 rings (SSSR count). The van der Waals surface area contributed by atoms with E-state index in [9.17, 15) is 0 Å². The summed E-state index contributed by atoms with van der Waals surface area (Å²) >= 11 is 0. The van der Waals surface area contributed by atoms with Gasteiger partial charge in [0.25, 0.3) is 0 Å². The van der Waals surface area contributed by atoms with Crippen molar-refractivity contribution in [2.75, 3.05) is 0 Å². The van der Waals surface area contributed by atoms with E-state index in [4.69, 9.17) is 5.40 Å². The summed E-state index contributed by atoms with van der Waals surface area (Å²) in [6.45, 7) is 11.5. The van der Waals surface area contributed by atoms with Crippen LogP contribution in [-0.4, -0.2) is 8.96 Å². The van der Waals surface area contributed by atoms with Crippen LogP contribution in [0.3, 0.4) is 0 Å². The number of hydrogen-bond donors (Lipinski definition) is 1. The van der Waals surface area contributed by atoms with Crippen molar-refractivity contribution in [3.8, 4) is 0 Å². The number of hydrogen-bond acceptors (Lipinski definition) is 1. The molecule has 0 spiro atoms. The second-order valence-corrected chi connectivity index (χ2v) is 7.36. The fourth-order valence-electron chi connectivity index (χ4n) is 1.83. The van der Waals surface area contributed by atoms with E-state index in [1.807, 2.05) is 0 Å². The Hall–Kier alpha value is 0.177. The average Bonchev–Trinajstić information content (AvgIpc) is 1.98. The first-order valence-corrected chi connectivity index (χ1v) is 7.54. The molecule has 0 aliphatic heterocycles. The summed E-state index contributed by atoms with van der Waals surface area (Å²) in [4.78, 5) is 0. The van der Waals surface area contributed by atoms with Crippen LogP contribution in [0.15, 0.2) is 0 Å². The lowest BCUT2D eigenvalue weighted by Gasteiger charge is -2.26. The first-order chi connectivity index (χ1) is 5.49. The van der Waals surface area contributed by atoms with Gasteiger partial charge in [-0.2, -0.15) is 0 Å². The van der Waals surface area contributed by atoms with E-state index in [0.29, 0.717) is 0 Å². The topological polar surface area (TPSA) is 26.0 Å². The molecule has 2 heteroatoms. The molecule has 12 heavy (non-hydrogen) atoms. The van der Waals surface area contributed by atoms with Crippen molar-refractivity contribution in [2.45, 2.75) is 46.7 Å². The summed E-state index contributed by atoms with van der Waals surface area (Å²) < 4.78 is 0. The van der Waals surface area contributed by atoms with Crippen LogP contribution in [0, 0.1) is 17.8 Å². The maximum absolute atomic E-state index is 6.09. The molecule has 2 N–H and O–H groups in total. The highest BCUT2D eigenvalue weighted by molar-refractivity contribution is 6.55. The normalized spacial score (nSPS) is 14.8. The van der Waals surface area contributed by atoms with E-state index in [2.05, 4.69) is 34.6 Å². The summed E-state index contributed by atoms with van der Waals surface area (Å²) in [6.07, 6.45) is 0. The minimum absolute atomic E-state index is 0.801. The number of rotatable bonds is 5. The molecule has 0 saturated carbocycles. The van der Waals surface area contributed by atoms with Crippen molar-refractivity contribution in [2.24, 2.45) is 23.2 Å². The Morgan fingerprint density at radius 2 is 1.50 bits per heavy atom. The van der Waals surface area contributed by atoms with E-state index in [-0.39, 0.29) is 0 Å². The van der Waals surface area contributed by atoms with Crippen LogP contribution >= 0.6 is 0 Å². The van der Waals surface area contributed by atoms with Crippen molar-refractivity contribution in [3.05, 3.63) is 0 Å². The zero-order valence-corrected chi connectivity index (χ0v) is 10.5. The van der Waals surface area contributed by atoms with Gasteiger partial charge in [0.2, 0.25) is 0 Å². The van der Waals surface area contributed by atoms with Crippen LogP contribution in [0.5, 0.6) is 0 Å². The monoisotopic (exact) mass is 187 g/mol. The molecule has 0 aromatic heterocycles. The van der Waals surface area contributed by atoms with Gasteiger partial charge in [-0.3, -0.25) is 0 Å². The maximum atomic E-state index is 6.09. The van der Waals surface area contributed by atoms with Crippen LogP contribution in [0.1, 0.15) is 34.6 Å². The third kappa shape index (κ3) is 4.26. The standard InChI is InChI=1S/C10H25NSi/c1-6-12(11)7-10(8(2)3)9(4)5/h8-10,12H,6-7,11H2,1-5H3. The van der Waals surface area contributed by atoms with Crippen molar-refractivity contribution in [1.82, 2.24) is 0 Å². The van der Waals surface area contributed by atoms with Gasteiger partial charge in [-0.15, -0.1) is 0 Å². The van der Waals surface area contributed by atoms with Gasteiger partial charge in [0.1, 0.15) is 8.96 Å². The van der Waals surface area contributed by atoms with Crippen LogP contribution in [0.4, 0.5) is 0 Å². The molecule has 0 amide bonds. The summed E-state index contributed by atoms with van der Waals surface area (Å²) in [5.41, 5.74) is 0. The highest BCUT2D eigenvalue weighted by Crippen LogP contribution is 2.25. The molecule has 1 unspecified atom stereocenters. The van der Waals surface area contributed by atoms with Crippen LogP contribution < -0.4 is 5.40 Å². The van der Waals surface area contributed by atoms with Gasteiger partial charge in [-0.1, -0.05) is 40.7 Å². The Morgan fingerprint density at radius 3 is 1.75 bits per heavy atom. The molecule has 74 valence electrons. The highest BCUT2D eigenvalue weighted by Gasteiger charge is 2.20. The first kappa shape index (κ1) is 12.2. The highest BCUT2D eigenvalue weighted by atomic mass is 28.3. The summed E-state index contributed by atoms with van der Waals surface area (Å²) in [5, 5.41) is 6.09.